The summed E-state index contributed by atoms with van der Waals surface area (Å²) in [6.45, 7) is 1.45. The van der Waals surface area contributed by atoms with Gasteiger partial charge in [0.05, 0.1) is 21.7 Å². The molecule has 0 saturated heterocycles. The van der Waals surface area contributed by atoms with Crippen molar-refractivity contribution in [3.8, 4) is 0 Å². The second-order valence-corrected chi connectivity index (χ2v) is 8.17. The van der Waals surface area contributed by atoms with Crippen molar-refractivity contribution >= 4 is 32.5 Å². The highest BCUT2D eigenvalue weighted by atomic mass is 32.2. The number of benzene rings is 2. The molecule has 3 aromatic rings. The summed E-state index contributed by atoms with van der Waals surface area (Å²) in [7, 11) is -1.62. The molecule has 0 bridgehead atoms. The SMILES string of the molecule is CCS(=O)(=O)c1ccc(NC(=O)Cn2c(=O)n(C)c3ccccc32)cc1. The van der Waals surface area contributed by atoms with Crippen molar-refractivity contribution < 1.29 is 13.2 Å². The van der Waals surface area contributed by atoms with Gasteiger partial charge in [-0.1, -0.05) is 19.1 Å². The number of nitrogens with one attached hydrogen (secondary N) is 1. The lowest BCUT2D eigenvalue weighted by molar-refractivity contribution is -0.116. The van der Waals surface area contributed by atoms with E-state index in [9.17, 15) is 18.0 Å². The summed E-state index contributed by atoms with van der Waals surface area (Å²) >= 11 is 0. The summed E-state index contributed by atoms with van der Waals surface area (Å²) in [6.07, 6.45) is 0. The lowest BCUT2D eigenvalue weighted by Crippen LogP contribution is -2.28. The molecule has 0 aliphatic carbocycles. The van der Waals surface area contributed by atoms with E-state index in [1.165, 1.54) is 33.4 Å². The van der Waals surface area contributed by atoms with Crippen LogP contribution in [0.15, 0.2) is 58.2 Å². The van der Waals surface area contributed by atoms with Crippen LogP contribution in [0.3, 0.4) is 0 Å². The average Bonchev–Trinajstić information content (AvgIpc) is 2.87. The van der Waals surface area contributed by atoms with Gasteiger partial charge in [-0.15, -0.1) is 0 Å². The lowest BCUT2D eigenvalue weighted by Gasteiger charge is -2.07. The molecule has 0 saturated carbocycles. The van der Waals surface area contributed by atoms with Crippen molar-refractivity contribution in [3.63, 3.8) is 0 Å². The molecule has 0 aliphatic heterocycles. The number of aromatic nitrogens is 2. The fourth-order valence-corrected chi connectivity index (χ4v) is 3.66. The summed E-state index contributed by atoms with van der Waals surface area (Å²) in [5, 5.41) is 2.69. The standard InChI is InChI=1S/C18H19N3O4S/c1-3-26(24,25)14-10-8-13(9-11-14)19-17(22)12-21-16-7-5-4-6-15(16)20(2)18(21)23/h4-11H,3,12H2,1-2H3,(H,19,22). The molecule has 136 valence electrons. The van der Waals surface area contributed by atoms with Crippen molar-refractivity contribution in [2.75, 3.05) is 11.1 Å². The van der Waals surface area contributed by atoms with Crippen LogP contribution in [0.4, 0.5) is 5.69 Å². The third kappa shape index (κ3) is 3.28. The monoisotopic (exact) mass is 373 g/mol. The maximum atomic E-state index is 12.3. The number of anilines is 1. The normalized spacial score (nSPS) is 11.6. The number of aryl methyl sites for hydroxylation is 1. The van der Waals surface area contributed by atoms with Gasteiger partial charge in [0.1, 0.15) is 6.54 Å². The van der Waals surface area contributed by atoms with Crippen LogP contribution in [0, 0.1) is 0 Å². The number of rotatable bonds is 5. The zero-order chi connectivity index (χ0) is 18.9. The number of imidazole rings is 1. The number of hydrogen-bond donors (Lipinski definition) is 1. The van der Waals surface area contributed by atoms with E-state index >= 15 is 0 Å². The number of hydrogen-bond acceptors (Lipinski definition) is 4. The molecule has 2 aromatic carbocycles. The Morgan fingerprint density at radius 3 is 2.27 bits per heavy atom. The van der Waals surface area contributed by atoms with Gasteiger partial charge in [0.15, 0.2) is 9.84 Å². The van der Waals surface area contributed by atoms with Crippen molar-refractivity contribution in [2.24, 2.45) is 7.05 Å². The maximum absolute atomic E-state index is 12.3. The molecule has 1 amide bonds. The smallest absolute Gasteiger partial charge is 0.325 e. The molecule has 3 rings (SSSR count). The van der Waals surface area contributed by atoms with Crippen LogP contribution in [0.25, 0.3) is 11.0 Å². The lowest BCUT2D eigenvalue weighted by atomic mass is 10.3. The number of carbonyl (C=O) groups is 1. The van der Waals surface area contributed by atoms with E-state index in [1.54, 1.807) is 20.0 Å². The summed E-state index contributed by atoms with van der Waals surface area (Å²) in [4.78, 5) is 24.9. The third-order valence-electron chi connectivity index (χ3n) is 4.23. The molecule has 0 fully saturated rings. The van der Waals surface area contributed by atoms with Crippen LogP contribution in [0.1, 0.15) is 6.92 Å². The molecule has 0 unspecified atom stereocenters. The number of carbonyl (C=O) groups excluding carboxylic acids is 1. The van der Waals surface area contributed by atoms with Gasteiger partial charge in [-0.05, 0) is 36.4 Å². The minimum absolute atomic E-state index is 0.0166. The van der Waals surface area contributed by atoms with Crippen molar-refractivity contribution in [1.82, 2.24) is 9.13 Å². The number of nitrogens with zero attached hydrogens (tertiary/aromatic N) is 2. The molecule has 8 heteroatoms. The number of amides is 1. The Morgan fingerprint density at radius 1 is 1.04 bits per heavy atom. The Labute approximate surface area is 150 Å². The molecular weight excluding hydrogens is 354 g/mol. The fraction of sp³-hybridized carbons (Fsp3) is 0.222. The highest BCUT2D eigenvalue weighted by molar-refractivity contribution is 7.91. The van der Waals surface area contributed by atoms with Crippen molar-refractivity contribution in [2.45, 2.75) is 18.4 Å². The Bertz CT molecular complexity index is 1130. The first-order valence-corrected chi connectivity index (χ1v) is 9.75. The predicted molar refractivity (Wildman–Crippen MR) is 100.0 cm³/mol. The predicted octanol–water partition coefficient (Wildman–Crippen LogP) is 1.77. The summed E-state index contributed by atoms with van der Waals surface area (Å²) in [5.74, 6) is -0.350. The summed E-state index contributed by atoms with van der Waals surface area (Å²) in [5.41, 5.74) is 1.63. The zero-order valence-corrected chi connectivity index (χ0v) is 15.3. The van der Waals surface area contributed by atoms with Gasteiger partial charge in [0.25, 0.3) is 0 Å². The second kappa shape index (κ2) is 6.80. The van der Waals surface area contributed by atoms with Crippen molar-refractivity contribution in [3.05, 3.63) is 59.0 Å². The second-order valence-electron chi connectivity index (χ2n) is 5.89. The van der Waals surface area contributed by atoms with E-state index in [0.29, 0.717) is 11.2 Å². The molecule has 0 radical (unpaired) electrons. The van der Waals surface area contributed by atoms with E-state index in [1.807, 2.05) is 18.2 Å². The summed E-state index contributed by atoms with van der Waals surface area (Å²) < 4.78 is 26.5. The Morgan fingerprint density at radius 2 is 1.65 bits per heavy atom. The highest BCUT2D eigenvalue weighted by Gasteiger charge is 2.14. The first-order chi connectivity index (χ1) is 12.3. The molecular formula is C18H19N3O4S. The molecule has 1 heterocycles. The average molecular weight is 373 g/mol. The molecule has 26 heavy (non-hydrogen) atoms. The van der Waals surface area contributed by atoms with E-state index in [0.717, 1.165) is 5.52 Å². The number of fused-ring (bicyclic) bond motifs is 1. The fourth-order valence-electron chi connectivity index (χ4n) is 2.77. The third-order valence-corrected chi connectivity index (χ3v) is 5.98. The molecule has 1 N–H and O–H groups in total. The van der Waals surface area contributed by atoms with Crippen LogP contribution < -0.4 is 11.0 Å². The number of sulfone groups is 1. The quantitative estimate of drug-likeness (QED) is 0.738. The van der Waals surface area contributed by atoms with Crippen LogP contribution in [0.2, 0.25) is 0 Å². The van der Waals surface area contributed by atoms with Gasteiger partial charge in [0.2, 0.25) is 5.91 Å². The molecule has 1 aromatic heterocycles. The van der Waals surface area contributed by atoms with Crippen LogP contribution in [-0.2, 0) is 28.2 Å². The first-order valence-electron chi connectivity index (χ1n) is 8.10. The van der Waals surface area contributed by atoms with E-state index in [4.69, 9.17) is 0 Å². The number of para-hydroxylation sites is 2. The Hall–Kier alpha value is -2.87. The van der Waals surface area contributed by atoms with E-state index < -0.39 is 9.84 Å². The Balaban J connectivity index is 1.80. The highest BCUT2D eigenvalue weighted by Crippen LogP contribution is 2.16. The Kier molecular flexibility index (Phi) is 4.69. The van der Waals surface area contributed by atoms with E-state index in [2.05, 4.69) is 5.32 Å². The van der Waals surface area contributed by atoms with Gasteiger partial charge in [0, 0.05) is 12.7 Å². The molecule has 0 atom stereocenters. The van der Waals surface area contributed by atoms with Gasteiger partial charge >= 0.3 is 5.69 Å². The van der Waals surface area contributed by atoms with Crippen LogP contribution in [-0.4, -0.2) is 29.2 Å². The van der Waals surface area contributed by atoms with Crippen LogP contribution >= 0.6 is 0 Å². The molecule has 7 nitrogen and oxygen atoms in total. The van der Waals surface area contributed by atoms with Gasteiger partial charge in [-0.3, -0.25) is 13.9 Å². The zero-order valence-electron chi connectivity index (χ0n) is 14.5. The van der Waals surface area contributed by atoms with Crippen LogP contribution in [0.5, 0.6) is 0 Å². The van der Waals surface area contributed by atoms with E-state index in [-0.39, 0.29) is 28.8 Å². The first kappa shape index (κ1) is 17.9. The minimum atomic E-state index is -3.28. The summed E-state index contributed by atoms with van der Waals surface area (Å²) in [6, 6.07) is 13.2. The van der Waals surface area contributed by atoms with Gasteiger partial charge < -0.3 is 5.32 Å². The van der Waals surface area contributed by atoms with Gasteiger partial charge in [-0.25, -0.2) is 13.2 Å². The largest absolute Gasteiger partial charge is 0.329 e. The molecule has 0 aliphatic rings. The topological polar surface area (TPSA) is 90.2 Å². The van der Waals surface area contributed by atoms with Gasteiger partial charge in [-0.2, -0.15) is 0 Å². The minimum Gasteiger partial charge on any atom is -0.325 e. The van der Waals surface area contributed by atoms with Crippen molar-refractivity contribution in [1.29, 1.82) is 0 Å². The maximum Gasteiger partial charge on any atom is 0.329 e. The molecule has 0 spiro atoms.